The van der Waals surface area contributed by atoms with Gasteiger partial charge in [0.25, 0.3) is 0 Å². The van der Waals surface area contributed by atoms with E-state index < -0.39 is 0 Å². The highest BCUT2D eigenvalue weighted by atomic mass is 79.9. The summed E-state index contributed by atoms with van der Waals surface area (Å²) in [7, 11) is 0. The molecule has 0 aliphatic rings. The van der Waals surface area contributed by atoms with Crippen LogP contribution in [0.15, 0.2) is 18.2 Å². The second-order valence-electron chi connectivity index (χ2n) is 1.96. The van der Waals surface area contributed by atoms with E-state index in [1.54, 1.807) is 0 Å². The molecule has 0 amide bonds. The summed E-state index contributed by atoms with van der Waals surface area (Å²) < 4.78 is 0. The van der Waals surface area contributed by atoms with E-state index in [4.69, 9.17) is 11.6 Å². The third-order valence-electron chi connectivity index (χ3n) is 1.34. The number of halogens is 2. The highest BCUT2D eigenvalue weighted by Crippen LogP contribution is 2.13. The van der Waals surface area contributed by atoms with Gasteiger partial charge in [-0.2, -0.15) is 0 Å². The zero-order chi connectivity index (χ0) is 7.40. The Morgan fingerprint density at radius 2 is 2.30 bits per heavy atom. The second-order valence-corrected chi connectivity index (χ2v) is 2.79. The lowest BCUT2D eigenvalue weighted by molar-refractivity contribution is 1.28. The van der Waals surface area contributed by atoms with E-state index in [1.807, 2.05) is 18.2 Å². The average Bonchev–Trinajstić information content (AvgIpc) is 2.04. The second kappa shape index (κ2) is 3.99. The Morgan fingerprint density at radius 3 is 2.80 bits per heavy atom. The Hall–Kier alpha value is -0.0100. The Balaban J connectivity index is 2.96. The van der Waals surface area contributed by atoms with Crippen molar-refractivity contribution in [3.05, 3.63) is 35.4 Å². The fourth-order valence-electron chi connectivity index (χ4n) is 0.752. The molecule has 0 saturated heterocycles. The van der Waals surface area contributed by atoms with Gasteiger partial charge in [-0.3, -0.25) is 0 Å². The van der Waals surface area contributed by atoms with Crippen LogP contribution >= 0.6 is 27.5 Å². The van der Waals surface area contributed by atoms with Gasteiger partial charge in [0, 0.05) is 11.2 Å². The fraction of sp³-hybridized carbons (Fsp3) is 0.250. The molecular weight excluding hydrogens is 211 g/mol. The van der Waals surface area contributed by atoms with Gasteiger partial charge < -0.3 is 0 Å². The van der Waals surface area contributed by atoms with Crippen LogP contribution in [-0.2, 0) is 11.2 Å². The van der Waals surface area contributed by atoms with Gasteiger partial charge in [0.05, 0.1) is 0 Å². The summed E-state index contributed by atoms with van der Waals surface area (Å²) in [6, 6.07) is 8.82. The van der Waals surface area contributed by atoms with Crippen LogP contribution in [0, 0.1) is 6.07 Å². The van der Waals surface area contributed by atoms with E-state index in [9.17, 15) is 0 Å². The predicted octanol–water partition coefficient (Wildman–Crippen LogP) is 3.12. The maximum atomic E-state index is 5.67. The van der Waals surface area contributed by atoms with Gasteiger partial charge in [0.1, 0.15) is 0 Å². The molecule has 1 aromatic carbocycles. The maximum absolute atomic E-state index is 5.67. The maximum Gasteiger partial charge on any atom is 0.0477 e. The number of alkyl halides is 2. The van der Waals surface area contributed by atoms with Crippen molar-refractivity contribution in [1.29, 1.82) is 0 Å². The molecule has 0 heterocycles. The first-order chi connectivity index (χ1) is 4.88. The minimum absolute atomic E-state index is 0.568. The Morgan fingerprint density at radius 1 is 1.50 bits per heavy atom. The quantitative estimate of drug-likeness (QED) is 0.669. The van der Waals surface area contributed by atoms with Crippen LogP contribution in [0.2, 0.25) is 0 Å². The average molecular weight is 219 g/mol. The first-order valence-electron chi connectivity index (χ1n) is 2.98. The van der Waals surface area contributed by atoms with Gasteiger partial charge in [-0.25, -0.2) is 0 Å². The molecule has 10 heavy (non-hydrogen) atoms. The lowest BCUT2D eigenvalue weighted by atomic mass is 10.1. The predicted molar refractivity (Wildman–Crippen MR) is 47.5 cm³/mol. The molecule has 0 aromatic heterocycles. The van der Waals surface area contributed by atoms with Crippen molar-refractivity contribution in [3.8, 4) is 0 Å². The molecule has 0 fully saturated rings. The van der Waals surface area contributed by atoms with E-state index in [-0.39, 0.29) is 0 Å². The largest absolute Gasteiger partial charge is 0.122 e. The van der Waals surface area contributed by atoms with Crippen molar-refractivity contribution in [2.24, 2.45) is 0 Å². The molecule has 53 valence electrons. The molecule has 0 saturated carbocycles. The van der Waals surface area contributed by atoms with E-state index >= 15 is 0 Å². The molecule has 0 N–H and O–H groups in total. The summed E-state index contributed by atoms with van der Waals surface area (Å²) in [5.41, 5.74) is 2.40. The van der Waals surface area contributed by atoms with Gasteiger partial charge in [0.2, 0.25) is 0 Å². The smallest absolute Gasteiger partial charge is 0.0477 e. The topological polar surface area (TPSA) is 0 Å². The summed E-state index contributed by atoms with van der Waals surface area (Å²) >= 11 is 9.05. The highest BCUT2D eigenvalue weighted by Gasteiger charge is 1.96. The molecule has 0 nitrogen and oxygen atoms in total. The Bertz CT molecular complexity index is 187. The summed E-state index contributed by atoms with van der Waals surface area (Å²) in [5, 5.41) is 0.865. The summed E-state index contributed by atoms with van der Waals surface area (Å²) in [6.45, 7) is 0. The standard InChI is InChI=1S/C8H7BrCl/c9-5-7-3-1-2-4-8(7)6-10/h1,3-4H,5-6H2. The molecule has 2 heteroatoms. The molecule has 1 radical (unpaired) electrons. The summed E-state index contributed by atoms with van der Waals surface area (Å²) in [5.74, 6) is 0.568. The fourth-order valence-corrected chi connectivity index (χ4v) is 1.55. The van der Waals surface area contributed by atoms with Crippen LogP contribution in [-0.4, -0.2) is 0 Å². The number of hydrogen-bond donors (Lipinski definition) is 0. The number of rotatable bonds is 2. The molecule has 0 aliphatic heterocycles. The van der Waals surface area contributed by atoms with Gasteiger partial charge in [-0.15, -0.1) is 11.6 Å². The van der Waals surface area contributed by atoms with E-state index in [1.165, 1.54) is 5.56 Å². The van der Waals surface area contributed by atoms with E-state index in [2.05, 4.69) is 22.0 Å². The minimum atomic E-state index is 0.568. The number of benzene rings is 1. The Kier molecular flexibility index (Phi) is 3.23. The van der Waals surface area contributed by atoms with Crippen LogP contribution in [0.3, 0.4) is 0 Å². The van der Waals surface area contributed by atoms with Crippen molar-refractivity contribution in [1.82, 2.24) is 0 Å². The summed E-state index contributed by atoms with van der Waals surface area (Å²) in [6.07, 6.45) is 0. The van der Waals surface area contributed by atoms with Gasteiger partial charge >= 0.3 is 0 Å². The van der Waals surface area contributed by atoms with E-state index in [0.29, 0.717) is 5.88 Å². The third-order valence-corrected chi connectivity index (χ3v) is 2.23. The van der Waals surface area contributed by atoms with Crippen molar-refractivity contribution in [2.75, 3.05) is 0 Å². The molecule has 1 aromatic rings. The van der Waals surface area contributed by atoms with Gasteiger partial charge in [-0.05, 0) is 23.3 Å². The molecule has 0 atom stereocenters. The van der Waals surface area contributed by atoms with Crippen molar-refractivity contribution in [3.63, 3.8) is 0 Å². The molecule has 0 aliphatic carbocycles. The van der Waals surface area contributed by atoms with Crippen molar-refractivity contribution in [2.45, 2.75) is 11.2 Å². The van der Waals surface area contributed by atoms with Gasteiger partial charge in [0.15, 0.2) is 0 Å². The monoisotopic (exact) mass is 217 g/mol. The molecule has 0 unspecified atom stereocenters. The zero-order valence-corrected chi connectivity index (χ0v) is 7.74. The molecule has 1 rings (SSSR count). The van der Waals surface area contributed by atoms with E-state index in [0.717, 1.165) is 10.9 Å². The number of hydrogen-bond acceptors (Lipinski definition) is 0. The minimum Gasteiger partial charge on any atom is -0.122 e. The zero-order valence-electron chi connectivity index (χ0n) is 5.40. The lowest BCUT2D eigenvalue weighted by Gasteiger charge is -2.00. The SMILES string of the molecule is ClCc1c[c]ccc1CBr. The van der Waals surface area contributed by atoms with Crippen LogP contribution in [0.5, 0.6) is 0 Å². The Labute approximate surface area is 74.3 Å². The van der Waals surface area contributed by atoms with Crippen LogP contribution in [0.1, 0.15) is 11.1 Å². The first-order valence-corrected chi connectivity index (χ1v) is 4.64. The van der Waals surface area contributed by atoms with Crippen LogP contribution in [0.4, 0.5) is 0 Å². The summed E-state index contributed by atoms with van der Waals surface area (Å²) in [4.78, 5) is 0. The van der Waals surface area contributed by atoms with Crippen LogP contribution < -0.4 is 0 Å². The molecular formula is C8H7BrCl. The van der Waals surface area contributed by atoms with Gasteiger partial charge in [-0.1, -0.05) is 28.1 Å². The normalized spacial score (nSPS) is 9.80. The first kappa shape index (κ1) is 8.09. The van der Waals surface area contributed by atoms with Crippen molar-refractivity contribution < 1.29 is 0 Å². The third kappa shape index (κ3) is 1.74. The van der Waals surface area contributed by atoms with Crippen LogP contribution in [0.25, 0.3) is 0 Å². The molecule has 0 bridgehead atoms. The highest BCUT2D eigenvalue weighted by molar-refractivity contribution is 9.08. The molecule has 0 spiro atoms. The van der Waals surface area contributed by atoms with Crippen molar-refractivity contribution >= 4 is 27.5 Å². The lowest BCUT2D eigenvalue weighted by Crippen LogP contribution is -1.85.